The van der Waals surface area contributed by atoms with Crippen molar-refractivity contribution in [1.82, 2.24) is 9.55 Å². The average molecular weight is 534 g/mol. The molecule has 1 atom stereocenters. The van der Waals surface area contributed by atoms with Crippen LogP contribution in [0.25, 0.3) is 11.8 Å². The van der Waals surface area contributed by atoms with E-state index in [1.807, 2.05) is 59.2 Å². The van der Waals surface area contributed by atoms with E-state index < -0.39 is 6.36 Å². The number of benzene rings is 2. The molecule has 192 valence electrons. The molecule has 0 spiro atoms. The van der Waals surface area contributed by atoms with E-state index in [0.29, 0.717) is 5.69 Å². The Morgan fingerprint density at radius 3 is 2.68 bits per heavy atom. The van der Waals surface area contributed by atoms with E-state index in [4.69, 9.17) is 12.2 Å². The van der Waals surface area contributed by atoms with Gasteiger partial charge in [0.05, 0.1) is 17.6 Å². The number of nitrogens with one attached hydrogen (secondary N) is 1. The van der Waals surface area contributed by atoms with Gasteiger partial charge >= 0.3 is 6.36 Å². The number of ether oxygens (including phenoxy) is 1. The van der Waals surface area contributed by atoms with Crippen molar-refractivity contribution in [3.8, 4) is 11.4 Å². The van der Waals surface area contributed by atoms with Crippen molar-refractivity contribution in [1.29, 1.82) is 0 Å². The summed E-state index contributed by atoms with van der Waals surface area (Å²) in [6.07, 6.45) is 9.37. The molecule has 2 aromatic carbocycles. The second kappa shape index (κ2) is 10.6. The van der Waals surface area contributed by atoms with Crippen molar-refractivity contribution in [2.24, 2.45) is 10.2 Å². The second-order valence-corrected chi connectivity index (χ2v) is 8.91. The van der Waals surface area contributed by atoms with Gasteiger partial charge in [0.15, 0.2) is 0 Å². The van der Waals surface area contributed by atoms with Gasteiger partial charge in [-0.25, -0.2) is 4.98 Å². The van der Waals surface area contributed by atoms with Gasteiger partial charge in [0, 0.05) is 17.3 Å². The Kier molecular flexibility index (Phi) is 7.06. The molecular formula is C28H22F3N5OS. The zero-order valence-electron chi connectivity index (χ0n) is 20.2. The third-order valence-electron chi connectivity index (χ3n) is 6.08. The van der Waals surface area contributed by atoms with Crippen molar-refractivity contribution in [3.63, 3.8) is 0 Å². The van der Waals surface area contributed by atoms with Gasteiger partial charge < -0.3 is 10.1 Å². The fourth-order valence-electron chi connectivity index (χ4n) is 4.33. The van der Waals surface area contributed by atoms with Crippen molar-refractivity contribution in [3.05, 3.63) is 113 Å². The van der Waals surface area contributed by atoms with Crippen molar-refractivity contribution < 1.29 is 17.9 Å². The number of anilines is 1. The number of azo groups is 1. The summed E-state index contributed by atoms with van der Waals surface area (Å²) in [5.41, 5.74) is 6.36. The van der Waals surface area contributed by atoms with Crippen molar-refractivity contribution >= 4 is 29.1 Å². The van der Waals surface area contributed by atoms with E-state index in [1.54, 1.807) is 24.7 Å². The number of hydrogen-bond acceptors (Lipinski definition) is 4. The van der Waals surface area contributed by atoms with Crippen LogP contribution in [0.3, 0.4) is 0 Å². The first-order valence-corrected chi connectivity index (χ1v) is 12.2. The Labute approximate surface area is 222 Å². The number of allylic oxidation sites excluding steroid dienone is 6. The number of hydrogen-bond donors (Lipinski definition) is 1. The Morgan fingerprint density at radius 2 is 1.92 bits per heavy atom. The molecule has 0 radical (unpaired) electrons. The minimum Gasteiger partial charge on any atom is -0.406 e. The van der Waals surface area contributed by atoms with Crippen LogP contribution in [0.4, 0.5) is 18.9 Å². The summed E-state index contributed by atoms with van der Waals surface area (Å²) < 4.78 is 43.2. The summed E-state index contributed by atoms with van der Waals surface area (Å²) >= 11 is 5.31. The van der Waals surface area contributed by atoms with Crippen LogP contribution in [0.1, 0.15) is 29.8 Å². The van der Waals surface area contributed by atoms with Gasteiger partial charge in [-0.2, -0.15) is 5.11 Å². The topological polar surface area (TPSA) is 63.8 Å². The molecule has 5 rings (SSSR count). The predicted molar refractivity (Wildman–Crippen MR) is 144 cm³/mol. The molecule has 1 N–H and O–H groups in total. The molecule has 1 unspecified atom stereocenters. The molecule has 0 bridgehead atoms. The molecule has 1 heterocycles. The average Bonchev–Trinajstić information content (AvgIpc) is 3.33. The van der Waals surface area contributed by atoms with Crippen LogP contribution in [-0.2, 0) is 6.42 Å². The van der Waals surface area contributed by atoms with Gasteiger partial charge in [0.25, 0.3) is 0 Å². The Hall–Kier alpha value is -4.31. The highest BCUT2D eigenvalue weighted by molar-refractivity contribution is 7.80. The lowest BCUT2D eigenvalue weighted by Crippen LogP contribution is -2.17. The van der Waals surface area contributed by atoms with Crippen molar-refractivity contribution in [2.45, 2.75) is 25.6 Å². The molecule has 2 aliphatic rings. The highest BCUT2D eigenvalue weighted by Gasteiger charge is 2.31. The monoisotopic (exact) mass is 533 g/mol. The lowest BCUT2D eigenvalue weighted by atomic mass is 9.84. The van der Waals surface area contributed by atoms with E-state index in [9.17, 15) is 13.2 Å². The molecule has 0 amide bonds. The third kappa shape index (κ3) is 5.65. The summed E-state index contributed by atoms with van der Waals surface area (Å²) in [5.74, 6) is -0.323. The number of halogens is 3. The fourth-order valence-corrected chi connectivity index (χ4v) is 4.49. The van der Waals surface area contributed by atoms with Crippen LogP contribution < -0.4 is 10.1 Å². The summed E-state index contributed by atoms with van der Waals surface area (Å²) in [5, 5.41) is 11.6. The zero-order valence-corrected chi connectivity index (χ0v) is 21.0. The number of thiocarbonyl (C=S) groups is 1. The highest BCUT2D eigenvalue weighted by atomic mass is 32.1. The Bertz CT molecular complexity index is 1510. The van der Waals surface area contributed by atoms with E-state index in [0.717, 1.165) is 40.2 Å². The van der Waals surface area contributed by atoms with Gasteiger partial charge in [-0.15, -0.1) is 18.3 Å². The van der Waals surface area contributed by atoms with Gasteiger partial charge in [0.1, 0.15) is 12.1 Å². The molecule has 0 aliphatic heterocycles. The van der Waals surface area contributed by atoms with Crippen LogP contribution in [0, 0.1) is 0 Å². The SMILES string of the molecule is CCc1ccccc1NC(=S)N=N/C=C1\C=CC2C(=C1)C=Cc1c2ncn1-c1ccc(OC(F)(F)F)cc1. The Morgan fingerprint density at radius 1 is 1.13 bits per heavy atom. The van der Waals surface area contributed by atoms with E-state index in [2.05, 4.69) is 32.2 Å². The number of para-hydroxylation sites is 1. The largest absolute Gasteiger partial charge is 0.573 e. The summed E-state index contributed by atoms with van der Waals surface area (Å²) in [7, 11) is 0. The normalized spacial score (nSPS) is 17.3. The molecule has 10 heteroatoms. The predicted octanol–water partition coefficient (Wildman–Crippen LogP) is 7.67. The van der Waals surface area contributed by atoms with E-state index in [1.165, 1.54) is 12.1 Å². The van der Waals surface area contributed by atoms with Crippen LogP contribution in [0.2, 0.25) is 0 Å². The molecule has 38 heavy (non-hydrogen) atoms. The minimum absolute atomic E-state index is 0.0496. The van der Waals surface area contributed by atoms with E-state index in [-0.39, 0.29) is 16.8 Å². The number of aromatic nitrogens is 2. The molecular weight excluding hydrogens is 511 g/mol. The molecule has 3 aromatic rings. The quantitative estimate of drug-likeness (QED) is 0.270. The summed E-state index contributed by atoms with van der Waals surface area (Å²) in [6.45, 7) is 2.08. The number of alkyl halides is 3. The van der Waals surface area contributed by atoms with E-state index >= 15 is 0 Å². The number of fused-ring (bicyclic) bond motifs is 3. The standard InChI is InChI=1S/C28H22F3N5OS/c1-2-19-5-3-4-6-24(19)34-27(38)35-33-16-18-7-13-23-20(15-18)8-14-25-26(23)32-17-36(25)21-9-11-22(12-10-21)37-28(29,30)31/h3-17,23H,2H2,1H3,(H,34,38)/b18-16+,35-33?. The number of rotatable bonds is 5. The van der Waals surface area contributed by atoms with Crippen LogP contribution in [0.15, 0.2) is 107 Å². The third-order valence-corrected chi connectivity index (χ3v) is 6.26. The molecule has 0 saturated heterocycles. The first kappa shape index (κ1) is 25.3. The zero-order chi connectivity index (χ0) is 26.7. The molecule has 6 nitrogen and oxygen atoms in total. The minimum atomic E-state index is -4.73. The lowest BCUT2D eigenvalue weighted by Gasteiger charge is -2.22. The molecule has 1 aromatic heterocycles. The van der Waals surface area contributed by atoms with Gasteiger partial charge in [-0.05, 0) is 77.8 Å². The van der Waals surface area contributed by atoms with Gasteiger partial charge in [0.2, 0.25) is 5.11 Å². The maximum atomic E-state index is 12.5. The highest BCUT2D eigenvalue weighted by Crippen LogP contribution is 2.38. The van der Waals surface area contributed by atoms with Crippen molar-refractivity contribution in [2.75, 3.05) is 5.32 Å². The number of aryl methyl sites for hydroxylation is 1. The van der Waals surface area contributed by atoms with Crippen LogP contribution in [0.5, 0.6) is 5.75 Å². The lowest BCUT2D eigenvalue weighted by molar-refractivity contribution is -0.274. The van der Waals surface area contributed by atoms with Crippen LogP contribution in [-0.4, -0.2) is 21.0 Å². The summed E-state index contributed by atoms with van der Waals surface area (Å²) in [4.78, 5) is 4.59. The fraction of sp³-hybridized carbons (Fsp3) is 0.143. The number of imidazole rings is 1. The second-order valence-electron chi connectivity index (χ2n) is 8.53. The summed E-state index contributed by atoms with van der Waals surface area (Å²) in [6, 6.07) is 13.6. The van der Waals surface area contributed by atoms with Gasteiger partial charge in [-0.3, -0.25) is 4.57 Å². The first-order valence-electron chi connectivity index (χ1n) is 11.8. The maximum Gasteiger partial charge on any atom is 0.573 e. The smallest absolute Gasteiger partial charge is 0.406 e. The maximum absolute atomic E-state index is 12.5. The molecule has 0 saturated carbocycles. The molecule has 0 fully saturated rings. The Balaban J connectivity index is 1.28. The van der Waals surface area contributed by atoms with Gasteiger partial charge in [-0.1, -0.05) is 43.4 Å². The van der Waals surface area contributed by atoms with Crippen LogP contribution >= 0.6 is 12.2 Å². The number of nitrogens with zero attached hydrogens (tertiary/aromatic N) is 4. The molecule has 2 aliphatic carbocycles. The first-order chi connectivity index (χ1) is 18.3.